The summed E-state index contributed by atoms with van der Waals surface area (Å²) < 4.78 is 31.1. The standard InChI is InChI=1S/C14H19O6P/c1-11(20-21(16,17-3)18-4)10-14(15)19-12(2)13-8-6-5-7-9-13/h5-10,12H,1-4H3. The molecule has 1 aromatic carbocycles. The van der Waals surface area contributed by atoms with Crippen LogP contribution in [0.1, 0.15) is 25.5 Å². The molecule has 21 heavy (non-hydrogen) atoms. The van der Waals surface area contributed by atoms with Crippen molar-refractivity contribution in [3.63, 3.8) is 0 Å². The van der Waals surface area contributed by atoms with E-state index in [0.29, 0.717) is 0 Å². The number of carbonyl (C=O) groups excluding carboxylic acids is 1. The molecule has 0 amide bonds. The Morgan fingerprint density at radius 3 is 2.29 bits per heavy atom. The fraction of sp³-hybridized carbons (Fsp3) is 0.357. The van der Waals surface area contributed by atoms with Gasteiger partial charge in [0.15, 0.2) is 0 Å². The van der Waals surface area contributed by atoms with Gasteiger partial charge in [-0.3, -0.25) is 9.05 Å². The minimum atomic E-state index is -3.66. The first-order valence-corrected chi connectivity index (χ1v) is 7.71. The van der Waals surface area contributed by atoms with Crippen LogP contribution in [-0.2, 0) is 27.7 Å². The second-order valence-corrected chi connectivity index (χ2v) is 5.96. The molecule has 0 saturated heterocycles. The van der Waals surface area contributed by atoms with E-state index in [-0.39, 0.29) is 5.76 Å². The number of allylic oxidation sites excluding steroid dienone is 1. The summed E-state index contributed by atoms with van der Waals surface area (Å²) in [5.74, 6) is -0.532. The van der Waals surface area contributed by atoms with Gasteiger partial charge in [-0.2, -0.15) is 0 Å². The molecule has 0 radical (unpaired) electrons. The smallest absolute Gasteiger partial charge is 0.455 e. The minimum absolute atomic E-state index is 0.0762. The zero-order valence-corrected chi connectivity index (χ0v) is 13.3. The summed E-state index contributed by atoms with van der Waals surface area (Å²) >= 11 is 0. The van der Waals surface area contributed by atoms with E-state index in [1.807, 2.05) is 30.3 Å². The molecule has 1 aromatic rings. The Labute approximate surface area is 124 Å². The quantitative estimate of drug-likeness (QED) is 0.331. The van der Waals surface area contributed by atoms with Crippen molar-refractivity contribution < 1.29 is 27.7 Å². The molecule has 0 fully saturated rings. The summed E-state index contributed by atoms with van der Waals surface area (Å²) in [5.41, 5.74) is 0.872. The maximum absolute atomic E-state index is 11.7. The molecule has 0 bridgehead atoms. The Bertz CT molecular complexity index is 532. The van der Waals surface area contributed by atoms with Gasteiger partial charge in [-0.05, 0) is 19.4 Å². The van der Waals surface area contributed by atoms with E-state index in [1.165, 1.54) is 21.1 Å². The van der Waals surface area contributed by atoms with E-state index in [4.69, 9.17) is 9.26 Å². The number of carbonyl (C=O) groups is 1. The molecule has 116 valence electrons. The van der Waals surface area contributed by atoms with Crippen LogP contribution in [-0.4, -0.2) is 20.2 Å². The number of hydrogen-bond donors (Lipinski definition) is 0. The highest BCUT2D eigenvalue weighted by molar-refractivity contribution is 7.48. The molecule has 7 heteroatoms. The van der Waals surface area contributed by atoms with Crippen molar-refractivity contribution in [2.45, 2.75) is 20.0 Å². The first-order chi connectivity index (χ1) is 9.90. The topological polar surface area (TPSA) is 71.1 Å². The van der Waals surface area contributed by atoms with Gasteiger partial charge in [0, 0.05) is 14.2 Å². The lowest BCUT2D eigenvalue weighted by molar-refractivity contribution is -0.142. The molecule has 0 aromatic heterocycles. The van der Waals surface area contributed by atoms with Crippen LogP contribution in [0.15, 0.2) is 42.2 Å². The van der Waals surface area contributed by atoms with Gasteiger partial charge in [0.2, 0.25) is 0 Å². The fourth-order valence-electron chi connectivity index (χ4n) is 1.52. The fourth-order valence-corrected chi connectivity index (χ4v) is 2.22. The van der Waals surface area contributed by atoms with Crippen LogP contribution >= 0.6 is 7.82 Å². The maximum atomic E-state index is 11.7. The minimum Gasteiger partial charge on any atom is -0.455 e. The van der Waals surface area contributed by atoms with Gasteiger partial charge in [0.25, 0.3) is 0 Å². The maximum Gasteiger partial charge on any atom is 0.529 e. The SMILES string of the molecule is COP(=O)(OC)OC(C)=CC(=O)OC(C)c1ccccc1. The second kappa shape index (κ2) is 7.98. The van der Waals surface area contributed by atoms with Crippen molar-refractivity contribution in [3.8, 4) is 0 Å². The third-order valence-electron chi connectivity index (χ3n) is 2.59. The van der Waals surface area contributed by atoms with Gasteiger partial charge < -0.3 is 9.26 Å². The monoisotopic (exact) mass is 314 g/mol. The summed E-state index contributed by atoms with van der Waals surface area (Å²) in [4.78, 5) is 11.7. The normalized spacial score (nSPS) is 13.6. The van der Waals surface area contributed by atoms with Crippen molar-refractivity contribution in [2.75, 3.05) is 14.2 Å². The molecular formula is C14H19O6P. The zero-order valence-electron chi connectivity index (χ0n) is 12.4. The van der Waals surface area contributed by atoms with E-state index in [0.717, 1.165) is 11.6 Å². The number of phosphoric ester groups is 1. The molecule has 0 aliphatic rings. The molecule has 1 rings (SSSR count). The number of rotatable bonds is 7. The van der Waals surface area contributed by atoms with E-state index in [2.05, 4.69) is 9.05 Å². The highest BCUT2D eigenvalue weighted by Crippen LogP contribution is 2.49. The van der Waals surface area contributed by atoms with Crippen LogP contribution in [0, 0.1) is 0 Å². The van der Waals surface area contributed by atoms with E-state index in [1.54, 1.807) is 6.92 Å². The predicted molar refractivity (Wildman–Crippen MR) is 77.4 cm³/mol. The lowest BCUT2D eigenvalue weighted by Crippen LogP contribution is -2.07. The van der Waals surface area contributed by atoms with Crippen LogP contribution < -0.4 is 0 Å². The molecule has 0 heterocycles. The summed E-state index contributed by atoms with van der Waals surface area (Å²) in [7, 11) is -1.29. The van der Waals surface area contributed by atoms with Gasteiger partial charge in [-0.25, -0.2) is 9.36 Å². The van der Waals surface area contributed by atoms with Crippen LogP contribution in [0.2, 0.25) is 0 Å². The molecule has 0 aliphatic heterocycles. The molecule has 0 spiro atoms. The Kier molecular flexibility index (Phi) is 6.62. The van der Waals surface area contributed by atoms with Crippen LogP contribution in [0.3, 0.4) is 0 Å². The Hall–Kier alpha value is -1.62. The number of hydrogen-bond acceptors (Lipinski definition) is 6. The van der Waals surface area contributed by atoms with Crippen LogP contribution in [0.5, 0.6) is 0 Å². The first-order valence-electron chi connectivity index (χ1n) is 6.25. The van der Waals surface area contributed by atoms with Gasteiger partial charge >= 0.3 is 13.8 Å². The molecule has 0 N–H and O–H groups in total. The number of esters is 1. The van der Waals surface area contributed by atoms with Gasteiger partial charge in [-0.1, -0.05) is 30.3 Å². The number of ether oxygens (including phenoxy) is 1. The van der Waals surface area contributed by atoms with Crippen molar-refractivity contribution >= 4 is 13.8 Å². The average Bonchev–Trinajstić information content (AvgIpc) is 2.47. The summed E-state index contributed by atoms with van der Waals surface area (Å²) in [6.07, 6.45) is 0.684. The third-order valence-corrected chi connectivity index (χ3v) is 3.99. The molecular weight excluding hydrogens is 295 g/mol. The van der Waals surface area contributed by atoms with Crippen molar-refractivity contribution in [2.24, 2.45) is 0 Å². The predicted octanol–water partition coefficient (Wildman–Crippen LogP) is 3.61. The van der Waals surface area contributed by atoms with Crippen LogP contribution in [0.25, 0.3) is 0 Å². The van der Waals surface area contributed by atoms with Gasteiger partial charge in [0.05, 0.1) is 6.08 Å². The van der Waals surface area contributed by atoms with Crippen LogP contribution in [0.4, 0.5) is 0 Å². The Balaban J connectivity index is 2.64. The summed E-state index contributed by atoms with van der Waals surface area (Å²) in [6, 6.07) is 9.31. The molecule has 1 atom stereocenters. The lowest BCUT2D eigenvalue weighted by Gasteiger charge is -2.15. The lowest BCUT2D eigenvalue weighted by atomic mass is 10.1. The summed E-state index contributed by atoms with van der Waals surface area (Å²) in [6.45, 7) is 3.21. The molecule has 0 aliphatic carbocycles. The largest absolute Gasteiger partial charge is 0.529 e. The van der Waals surface area contributed by atoms with Gasteiger partial charge in [-0.15, -0.1) is 0 Å². The van der Waals surface area contributed by atoms with Gasteiger partial charge in [0.1, 0.15) is 11.9 Å². The van der Waals surface area contributed by atoms with Crippen molar-refractivity contribution in [3.05, 3.63) is 47.7 Å². The van der Waals surface area contributed by atoms with E-state index in [9.17, 15) is 9.36 Å². The molecule has 0 saturated carbocycles. The zero-order chi connectivity index (χ0) is 15.9. The Morgan fingerprint density at radius 1 is 1.19 bits per heavy atom. The number of benzene rings is 1. The third kappa shape index (κ3) is 5.71. The second-order valence-electron chi connectivity index (χ2n) is 4.15. The average molecular weight is 314 g/mol. The van der Waals surface area contributed by atoms with Crippen molar-refractivity contribution in [1.82, 2.24) is 0 Å². The molecule has 6 nitrogen and oxygen atoms in total. The van der Waals surface area contributed by atoms with E-state index < -0.39 is 19.9 Å². The first kappa shape index (κ1) is 17.4. The number of phosphoric acid groups is 1. The van der Waals surface area contributed by atoms with E-state index >= 15 is 0 Å². The van der Waals surface area contributed by atoms with Crippen molar-refractivity contribution in [1.29, 1.82) is 0 Å². The summed E-state index contributed by atoms with van der Waals surface area (Å²) in [5, 5.41) is 0. The molecule has 1 unspecified atom stereocenters. The highest BCUT2D eigenvalue weighted by atomic mass is 31.2. The highest BCUT2D eigenvalue weighted by Gasteiger charge is 2.24. The Morgan fingerprint density at radius 2 is 1.76 bits per heavy atom.